The zero-order chi connectivity index (χ0) is 18.6. The predicted molar refractivity (Wildman–Crippen MR) is 113 cm³/mol. The van der Waals surface area contributed by atoms with Crippen molar-refractivity contribution >= 4 is 16.6 Å². The van der Waals surface area contributed by atoms with E-state index < -0.39 is 0 Å². The normalized spacial score (nSPS) is 15.7. The molecule has 27 heavy (non-hydrogen) atoms. The zero-order valence-corrected chi connectivity index (χ0v) is 15.9. The highest BCUT2D eigenvalue weighted by molar-refractivity contribution is 5.88. The Hall–Kier alpha value is -2.72. The number of nitrogens with one attached hydrogen (secondary N) is 1. The van der Waals surface area contributed by atoms with Gasteiger partial charge in [-0.25, -0.2) is 4.98 Å². The lowest BCUT2D eigenvalue weighted by atomic mass is 9.99. The van der Waals surface area contributed by atoms with Crippen LogP contribution in [0.3, 0.4) is 0 Å². The maximum absolute atomic E-state index is 4.55. The van der Waals surface area contributed by atoms with Crippen LogP contribution in [0.15, 0.2) is 67.3 Å². The van der Waals surface area contributed by atoms with Crippen molar-refractivity contribution in [1.29, 1.82) is 0 Å². The summed E-state index contributed by atoms with van der Waals surface area (Å²) in [6.07, 6.45) is 8.16. The summed E-state index contributed by atoms with van der Waals surface area (Å²) in [5, 5.41) is 5.68. The SMILES string of the molecule is C=C(CN1CCC(C)CC1)Nc1cc2cc(-c3cccnc3)ccc2cn1. The molecule has 1 aromatic carbocycles. The van der Waals surface area contributed by atoms with Crippen molar-refractivity contribution in [1.82, 2.24) is 14.9 Å². The Balaban J connectivity index is 1.48. The van der Waals surface area contributed by atoms with E-state index in [1.807, 2.05) is 18.5 Å². The number of rotatable bonds is 5. The molecule has 3 heterocycles. The molecular weight excluding hydrogens is 332 g/mol. The summed E-state index contributed by atoms with van der Waals surface area (Å²) in [6.45, 7) is 9.73. The van der Waals surface area contributed by atoms with E-state index in [4.69, 9.17) is 0 Å². The van der Waals surface area contributed by atoms with Gasteiger partial charge in [0.15, 0.2) is 0 Å². The Labute approximate surface area is 161 Å². The van der Waals surface area contributed by atoms with Gasteiger partial charge in [-0.1, -0.05) is 31.7 Å². The first-order chi connectivity index (χ1) is 13.2. The number of pyridine rings is 2. The lowest BCUT2D eigenvalue weighted by Gasteiger charge is -2.30. The predicted octanol–water partition coefficient (Wildman–Crippen LogP) is 4.95. The summed E-state index contributed by atoms with van der Waals surface area (Å²) in [7, 11) is 0. The van der Waals surface area contributed by atoms with Crippen LogP contribution < -0.4 is 5.32 Å². The summed E-state index contributed by atoms with van der Waals surface area (Å²) in [5.74, 6) is 1.69. The van der Waals surface area contributed by atoms with Crippen LogP contribution in [0.1, 0.15) is 19.8 Å². The third kappa shape index (κ3) is 4.34. The molecule has 2 aromatic heterocycles. The fraction of sp³-hybridized carbons (Fsp3) is 0.304. The highest BCUT2D eigenvalue weighted by atomic mass is 15.2. The highest BCUT2D eigenvalue weighted by Crippen LogP contribution is 2.25. The number of nitrogens with zero attached hydrogens (tertiary/aromatic N) is 3. The fourth-order valence-electron chi connectivity index (χ4n) is 3.63. The molecule has 1 aliphatic rings. The summed E-state index contributed by atoms with van der Waals surface area (Å²) in [6, 6.07) is 12.6. The quantitative estimate of drug-likeness (QED) is 0.700. The molecule has 0 saturated carbocycles. The summed E-state index contributed by atoms with van der Waals surface area (Å²) in [4.78, 5) is 11.2. The van der Waals surface area contributed by atoms with Crippen molar-refractivity contribution in [2.24, 2.45) is 5.92 Å². The average molecular weight is 358 g/mol. The largest absolute Gasteiger partial charge is 0.343 e. The van der Waals surface area contributed by atoms with Crippen molar-refractivity contribution in [3.63, 3.8) is 0 Å². The van der Waals surface area contributed by atoms with Gasteiger partial charge in [0.05, 0.1) is 0 Å². The van der Waals surface area contributed by atoms with E-state index in [0.29, 0.717) is 0 Å². The molecule has 1 N–H and O–H groups in total. The van der Waals surface area contributed by atoms with Crippen LogP contribution >= 0.6 is 0 Å². The fourth-order valence-corrected chi connectivity index (χ4v) is 3.63. The maximum Gasteiger partial charge on any atom is 0.130 e. The van der Waals surface area contributed by atoms with E-state index in [0.717, 1.165) is 59.0 Å². The van der Waals surface area contributed by atoms with Gasteiger partial charge in [-0.05, 0) is 61.0 Å². The molecule has 0 radical (unpaired) electrons. The molecule has 1 aliphatic heterocycles. The monoisotopic (exact) mass is 358 g/mol. The molecule has 4 rings (SSSR count). The van der Waals surface area contributed by atoms with Crippen LogP contribution in [0.5, 0.6) is 0 Å². The molecule has 0 aliphatic carbocycles. The first-order valence-corrected chi connectivity index (χ1v) is 9.65. The lowest BCUT2D eigenvalue weighted by molar-refractivity contribution is 0.207. The van der Waals surface area contributed by atoms with Gasteiger partial charge in [-0.2, -0.15) is 0 Å². The Morgan fingerprint density at radius 3 is 2.74 bits per heavy atom. The molecule has 0 bridgehead atoms. The van der Waals surface area contributed by atoms with Crippen molar-refractivity contribution in [3.05, 3.63) is 67.3 Å². The van der Waals surface area contributed by atoms with Gasteiger partial charge in [0.1, 0.15) is 5.82 Å². The second-order valence-electron chi connectivity index (χ2n) is 7.56. The van der Waals surface area contributed by atoms with Gasteiger partial charge in [0.25, 0.3) is 0 Å². The molecular formula is C23H26N4. The van der Waals surface area contributed by atoms with Crippen LogP contribution in [-0.4, -0.2) is 34.5 Å². The third-order valence-corrected chi connectivity index (χ3v) is 5.31. The molecule has 4 heteroatoms. The van der Waals surface area contributed by atoms with Crippen molar-refractivity contribution in [2.75, 3.05) is 25.0 Å². The minimum absolute atomic E-state index is 0.846. The molecule has 1 fully saturated rings. The van der Waals surface area contributed by atoms with Crippen molar-refractivity contribution in [2.45, 2.75) is 19.8 Å². The van der Waals surface area contributed by atoms with Crippen molar-refractivity contribution < 1.29 is 0 Å². The standard InChI is InChI=1S/C23H26N4/c1-17-7-10-27(11-8-17)16-18(2)26-23-13-22-12-19(5-6-21(22)15-25-23)20-4-3-9-24-14-20/h3-6,9,12-15,17H,2,7-8,10-11,16H2,1H3,(H,25,26). The van der Waals surface area contributed by atoms with Gasteiger partial charge in [0.2, 0.25) is 0 Å². The summed E-state index contributed by atoms with van der Waals surface area (Å²) in [5.41, 5.74) is 3.28. The number of anilines is 1. The van der Waals surface area contributed by atoms with Crippen molar-refractivity contribution in [3.8, 4) is 11.1 Å². The topological polar surface area (TPSA) is 41.0 Å². The Bertz CT molecular complexity index is 928. The number of hydrogen-bond acceptors (Lipinski definition) is 4. The van der Waals surface area contributed by atoms with Gasteiger partial charge < -0.3 is 5.32 Å². The zero-order valence-electron chi connectivity index (χ0n) is 15.9. The highest BCUT2D eigenvalue weighted by Gasteiger charge is 2.16. The molecule has 0 atom stereocenters. The summed E-state index contributed by atoms with van der Waals surface area (Å²) < 4.78 is 0. The molecule has 138 valence electrons. The molecule has 0 spiro atoms. The van der Waals surface area contributed by atoms with E-state index in [2.05, 4.69) is 64.0 Å². The number of aromatic nitrogens is 2. The summed E-state index contributed by atoms with van der Waals surface area (Å²) >= 11 is 0. The number of likely N-dealkylation sites (tertiary alicyclic amines) is 1. The van der Waals surface area contributed by atoms with Gasteiger partial charge in [0, 0.05) is 41.8 Å². The van der Waals surface area contributed by atoms with E-state index >= 15 is 0 Å². The number of hydrogen-bond donors (Lipinski definition) is 1. The van der Waals surface area contributed by atoms with Crippen LogP contribution in [0.25, 0.3) is 21.9 Å². The molecule has 3 aromatic rings. The van der Waals surface area contributed by atoms with Crippen LogP contribution in [0, 0.1) is 5.92 Å². The van der Waals surface area contributed by atoms with Crippen LogP contribution in [-0.2, 0) is 0 Å². The number of fused-ring (bicyclic) bond motifs is 1. The molecule has 4 nitrogen and oxygen atoms in total. The van der Waals surface area contributed by atoms with Crippen LogP contribution in [0.4, 0.5) is 5.82 Å². The van der Waals surface area contributed by atoms with Gasteiger partial charge in [-0.3, -0.25) is 9.88 Å². The lowest BCUT2D eigenvalue weighted by Crippen LogP contribution is -2.35. The molecule has 0 unspecified atom stereocenters. The number of piperidine rings is 1. The first-order valence-electron chi connectivity index (χ1n) is 9.65. The smallest absolute Gasteiger partial charge is 0.130 e. The van der Waals surface area contributed by atoms with Crippen LogP contribution in [0.2, 0.25) is 0 Å². The third-order valence-electron chi connectivity index (χ3n) is 5.31. The second-order valence-corrected chi connectivity index (χ2v) is 7.56. The minimum Gasteiger partial charge on any atom is -0.343 e. The number of benzene rings is 1. The molecule has 0 amide bonds. The van der Waals surface area contributed by atoms with E-state index in [1.54, 1.807) is 6.20 Å². The van der Waals surface area contributed by atoms with Gasteiger partial charge in [-0.15, -0.1) is 0 Å². The van der Waals surface area contributed by atoms with E-state index in [-0.39, 0.29) is 0 Å². The Morgan fingerprint density at radius 1 is 1.11 bits per heavy atom. The second kappa shape index (κ2) is 7.89. The van der Waals surface area contributed by atoms with E-state index in [9.17, 15) is 0 Å². The van der Waals surface area contributed by atoms with Gasteiger partial charge >= 0.3 is 0 Å². The minimum atomic E-state index is 0.846. The van der Waals surface area contributed by atoms with E-state index in [1.165, 1.54) is 12.8 Å². The average Bonchev–Trinajstić information content (AvgIpc) is 2.70. The maximum atomic E-state index is 4.55. The molecule has 1 saturated heterocycles. The Kier molecular flexibility index (Phi) is 5.16. The Morgan fingerprint density at radius 2 is 1.96 bits per heavy atom. The first kappa shape index (κ1) is 17.7.